The van der Waals surface area contributed by atoms with E-state index in [-0.39, 0.29) is 18.4 Å². The Labute approximate surface area is 121 Å². The topological polar surface area (TPSA) is 81.7 Å². The van der Waals surface area contributed by atoms with Crippen LogP contribution in [0, 0.1) is 0 Å². The summed E-state index contributed by atoms with van der Waals surface area (Å²) in [6.07, 6.45) is 2.64. The van der Waals surface area contributed by atoms with Crippen LogP contribution in [0.1, 0.15) is 39.5 Å². The van der Waals surface area contributed by atoms with E-state index in [4.69, 9.17) is 5.11 Å². The van der Waals surface area contributed by atoms with E-state index >= 15 is 0 Å². The molecule has 6 heteroatoms. The molecule has 118 valence electrons. The second kappa shape index (κ2) is 12.9. The van der Waals surface area contributed by atoms with Gasteiger partial charge in [0.2, 0.25) is 11.8 Å². The van der Waals surface area contributed by atoms with Gasteiger partial charge in [-0.25, -0.2) is 0 Å². The van der Waals surface area contributed by atoms with E-state index in [2.05, 4.69) is 10.6 Å². The van der Waals surface area contributed by atoms with Crippen LogP contribution in [0.15, 0.2) is 0 Å². The number of aliphatic hydroxyl groups excluding tert-OH is 1. The fourth-order valence-electron chi connectivity index (χ4n) is 1.70. The molecule has 0 aliphatic carbocycles. The van der Waals surface area contributed by atoms with Gasteiger partial charge in [0.1, 0.15) is 0 Å². The quantitative estimate of drug-likeness (QED) is 0.476. The molecule has 0 heterocycles. The molecule has 0 bridgehead atoms. The number of nitrogens with one attached hydrogen (secondary N) is 2. The number of amides is 2. The Kier molecular flexibility index (Phi) is 12.1. The van der Waals surface area contributed by atoms with Gasteiger partial charge in [-0.15, -0.1) is 0 Å². The maximum Gasteiger partial charge on any atom is 0.221 e. The van der Waals surface area contributed by atoms with Crippen molar-refractivity contribution >= 4 is 11.8 Å². The fourth-order valence-corrected chi connectivity index (χ4v) is 1.70. The van der Waals surface area contributed by atoms with E-state index in [9.17, 15) is 9.59 Å². The molecule has 2 amide bonds. The number of carbonyl (C=O) groups is 2. The standard InChI is InChI=1S/C14H29N3O3/c1-3-7-15-13(19)5-9-17(11-12-18)10-6-14(20)16-8-4-2/h18H,3-12H2,1-2H3,(H,15,19)(H,16,20). The predicted molar refractivity (Wildman–Crippen MR) is 79.4 cm³/mol. The maximum absolute atomic E-state index is 11.5. The van der Waals surface area contributed by atoms with E-state index in [0.29, 0.717) is 45.6 Å². The average Bonchev–Trinajstić information content (AvgIpc) is 2.45. The Morgan fingerprint density at radius 2 is 1.35 bits per heavy atom. The third-order valence-corrected chi connectivity index (χ3v) is 2.87. The van der Waals surface area contributed by atoms with Crippen molar-refractivity contribution in [2.24, 2.45) is 0 Å². The van der Waals surface area contributed by atoms with Gasteiger partial charge in [0.25, 0.3) is 0 Å². The zero-order chi connectivity index (χ0) is 15.2. The molecule has 0 aromatic heterocycles. The molecule has 3 N–H and O–H groups in total. The SMILES string of the molecule is CCCNC(=O)CCN(CCO)CCC(=O)NCCC. The van der Waals surface area contributed by atoms with Crippen molar-refractivity contribution in [2.45, 2.75) is 39.5 Å². The third-order valence-electron chi connectivity index (χ3n) is 2.87. The molecule has 0 atom stereocenters. The van der Waals surface area contributed by atoms with E-state index in [1.54, 1.807) is 0 Å². The maximum atomic E-state index is 11.5. The molecule has 0 spiro atoms. The molecule has 0 saturated carbocycles. The molecular formula is C14H29N3O3. The Morgan fingerprint density at radius 1 is 0.900 bits per heavy atom. The summed E-state index contributed by atoms with van der Waals surface area (Å²) in [4.78, 5) is 25.0. The Bertz CT molecular complexity index is 248. The summed E-state index contributed by atoms with van der Waals surface area (Å²) in [6, 6.07) is 0. The van der Waals surface area contributed by atoms with Crippen LogP contribution in [0.4, 0.5) is 0 Å². The normalized spacial score (nSPS) is 10.6. The van der Waals surface area contributed by atoms with Gasteiger partial charge in [0, 0.05) is 45.6 Å². The first-order valence-electron chi connectivity index (χ1n) is 7.50. The third kappa shape index (κ3) is 10.8. The zero-order valence-electron chi connectivity index (χ0n) is 12.8. The van der Waals surface area contributed by atoms with Gasteiger partial charge >= 0.3 is 0 Å². The summed E-state index contributed by atoms with van der Waals surface area (Å²) in [6.45, 7) is 7.06. The lowest BCUT2D eigenvalue weighted by atomic mass is 10.3. The molecule has 0 unspecified atom stereocenters. The van der Waals surface area contributed by atoms with Crippen LogP contribution in [0.25, 0.3) is 0 Å². The van der Waals surface area contributed by atoms with Gasteiger partial charge in [-0.05, 0) is 12.8 Å². The first-order chi connectivity index (χ1) is 9.63. The summed E-state index contributed by atoms with van der Waals surface area (Å²) < 4.78 is 0. The summed E-state index contributed by atoms with van der Waals surface area (Å²) >= 11 is 0. The highest BCUT2D eigenvalue weighted by molar-refractivity contribution is 5.76. The smallest absolute Gasteiger partial charge is 0.221 e. The van der Waals surface area contributed by atoms with Crippen LogP contribution in [0.2, 0.25) is 0 Å². The van der Waals surface area contributed by atoms with Gasteiger partial charge < -0.3 is 20.6 Å². The number of aliphatic hydroxyl groups is 1. The van der Waals surface area contributed by atoms with Gasteiger partial charge in [0.15, 0.2) is 0 Å². The number of nitrogens with zero attached hydrogens (tertiary/aromatic N) is 1. The summed E-state index contributed by atoms with van der Waals surface area (Å²) in [7, 11) is 0. The largest absolute Gasteiger partial charge is 0.395 e. The fraction of sp³-hybridized carbons (Fsp3) is 0.857. The minimum absolute atomic E-state index is 0.0187. The molecule has 0 fully saturated rings. The summed E-state index contributed by atoms with van der Waals surface area (Å²) in [5, 5.41) is 14.6. The van der Waals surface area contributed by atoms with Gasteiger partial charge in [-0.3, -0.25) is 9.59 Å². The predicted octanol–water partition coefficient (Wildman–Crippen LogP) is 0.113. The monoisotopic (exact) mass is 287 g/mol. The highest BCUT2D eigenvalue weighted by Crippen LogP contribution is 1.95. The lowest BCUT2D eigenvalue weighted by Crippen LogP contribution is -2.36. The molecule has 0 aromatic carbocycles. The molecule has 0 saturated heterocycles. The van der Waals surface area contributed by atoms with Crippen LogP contribution in [0.3, 0.4) is 0 Å². The van der Waals surface area contributed by atoms with Crippen molar-refractivity contribution in [3.63, 3.8) is 0 Å². The van der Waals surface area contributed by atoms with Gasteiger partial charge in [-0.1, -0.05) is 13.8 Å². The second-order valence-electron chi connectivity index (χ2n) is 4.77. The molecular weight excluding hydrogens is 258 g/mol. The van der Waals surface area contributed by atoms with E-state index in [1.807, 2.05) is 18.7 Å². The van der Waals surface area contributed by atoms with Crippen molar-refractivity contribution in [1.29, 1.82) is 0 Å². The van der Waals surface area contributed by atoms with Crippen molar-refractivity contribution in [2.75, 3.05) is 39.3 Å². The van der Waals surface area contributed by atoms with Crippen molar-refractivity contribution in [3.05, 3.63) is 0 Å². The zero-order valence-corrected chi connectivity index (χ0v) is 12.8. The molecule has 0 radical (unpaired) electrons. The van der Waals surface area contributed by atoms with Crippen LogP contribution in [-0.4, -0.2) is 61.2 Å². The van der Waals surface area contributed by atoms with Crippen molar-refractivity contribution in [1.82, 2.24) is 15.5 Å². The molecule has 6 nitrogen and oxygen atoms in total. The lowest BCUT2D eigenvalue weighted by Gasteiger charge is -2.20. The number of hydrogen-bond donors (Lipinski definition) is 3. The molecule has 0 aromatic rings. The lowest BCUT2D eigenvalue weighted by molar-refractivity contribution is -0.121. The molecule has 0 aliphatic rings. The van der Waals surface area contributed by atoms with Crippen molar-refractivity contribution in [3.8, 4) is 0 Å². The Balaban J connectivity index is 3.91. The van der Waals surface area contributed by atoms with Crippen LogP contribution < -0.4 is 10.6 Å². The van der Waals surface area contributed by atoms with E-state index in [0.717, 1.165) is 12.8 Å². The van der Waals surface area contributed by atoms with Crippen LogP contribution >= 0.6 is 0 Å². The first kappa shape index (κ1) is 18.9. The Hall–Kier alpha value is -1.14. The van der Waals surface area contributed by atoms with Crippen LogP contribution in [0.5, 0.6) is 0 Å². The van der Waals surface area contributed by atoms with Crippen molar-refractivity contribution < 1.29 is 14.7 Å². The van der Waals surface area contributed by atoms with E-state index in [1.165, 1.54) is 0 Å². The molecule has 0 rings (SSSR count). The highest BCUT2D eigenvalue weighted by atomic mass is 16.3. The summed E-state index contributed by atoms with van der Waals surface area (Å²) in [5.41, 5.74) is 0. The minimum Gasteiger partial charge on any atom is -0.395 e. The molecule has 0 aliphatic heterocycles. The Morgan fingerprint density at radius 3 is 1.70 bits per heavy atom. The number of rotatable bonds is 12. The average molecular weight is 287 g/mol. The van der Waals surface area contributed by atoms with Gasteiger partial charge in [-0.2, -0.15) is 0 Å². The summed E-state index contributed by atoms with van der Waals surface area (Å²) in [5.74, 6) is 0.0375. The minimum atomic E-state index is 0.0187. The first-order valence-corrected chi connectivity index (χ1v) is 7.50. The van der Waals surface area contributed by atoms with E-state index < -0.39 is 0 Å². The molecule has 20 heavy (non-hydrogen) atoms. The van der Waals surface area contributed by atoms with Gasteiger partial charge in [0.05, 0.1) is 6.61 Å². The number of carbonyl (C=O) groups excluding carboxylic acids is 2. The number of hydrogen-bond acceptors (Lipinski definition) is 4. The van der Waals surface area contributed by atoms with Crippen LogP contribution in [-0.2, 0) is 9.59 Å². The second-order valence-corrected chi connectivity index (χ2v) is 4.77. The highest BCUT2D eigenvalue weighted by Gasteiger charge is 2.09.